The van der Waals surface area contributed by atoms with Crippen molar-refractivity contribution in [1.29, 1.82) is 0 Å². The number of hydrogen-bond acceptors (Lipinski definition) is 2. The molecule has 1 heterocycles. The highest BCUT2D eigenvalue weighted by Crippen LogP contribution is 2.32. The van der Waals surface area contributed by atoms with E-state index in [1.54, 1.807) is 0 Å². The van der Waals surface area contributed by atoms with E-state index < -0.39 is 0 Å². The Kier molecular flexibility index (Phi) is 5.76. The first-order valence-electron chi connectivity index (χ1n) is 6.88. The molecule has 0 amide bonds. The first kappa shape index (κ1) is 14.3. The number of hydrogen-bond donors (Lipinski definition) is 1. The molecule has 98 valence electrons. The molecule has 1 aromatic rings. The molecule has 1 atom stereocenters. The monoisotopic (exact) mass is 237 g/mol. The Hall–Kier alpha value is -0.760. The Balaban J connectivity index is 2.90. The third-order valence-electron chi connectivity index (χ3n) is 3.52. The molecule has 0 aliphatic heterocycles. The fraction of sp³-hybridized carbons (Fsp3) is 0.733. The van der Waals surface area contributed by atoms with Gasteiger partial charge in [0.2, 0.25) is 0 Å². The fourth-order valence-electron chi connectivity index (χ4n) is 2.82. The van der Waals surface area contributed by atoms with Crippen molar-refractivity contribution in [2.24, 2.45) is 5.92 Å². The molecular weight excluding hydrogens is 210 g/mol. The molecule has 0 aliphatic rings. The van der Waals surface area contributed by atoms with Crippen LogP contribution in [-0.4, -0.2) is 7.05 Å². The van der Waals surface area contributed by atoms with Gasteiger partial charge in [0.05, 0.1) is 0 Å². The molecule has 0 radical (unpaired) electrons. The quantitative estimate of drug-likeness (QED) is 0.761. The summed E-state index contributed by atoms with van der Waals surface area (Å²) in [7, 11) is 2.06. The van der Waals surface area contributed by atoms with Crippen molar-refractivity contribution in [2.45, 2.75) is 59.4 Å². The lowest BCUT2D eigenvalue weighted by atomic mass is 9.86. The van der Waals surface area contributed by atoms with E-state index >= 15 is 0 Å². The van der Waals surface area contributed by atoms with Gasteiger partial charge in [0.15, 0.2) is 0 Å². The predicted octanol–water partition coefficient (Wildman–Crippen LogP) is 4.37. The molecule has 1 rings (SSSR count). The van der Waals surface area contributed by atoms with Crippen LogP contribution in [0.15, 0.2) is 10.5 Å². The molecule has 17 heavy (non-hydrogen) atoms. The van der Waals surface area contributed by atoms with Crippen LogP contribution in [0.5, 0.6) is 0 Å². The van der Waals surface area contributed by atoms with Crippen molar-refractivity contribution >= 4 is 0 Å². The highest BCUT2D eigenvalue weighted by molar-refractivity contribution is 5.24. The summed E-state index contributed by atoms with van der Waals surface area (Å²) in [6.45, 7) is 8.63. The molecule has 1 aromatic heterocycles. The number of aryl methyl sites for hydroxylation is 2. The zero-order valence-corrected chi connectivity index (χ0v) is 12.0. The predicted molar refractivity (Wildman–Crippen MR) is 73.3 cm³/mol. The van der Waals surface area contributed by atoms with Crippen LogP contribution in [0.3, 0.4) is 0 Å². The number of rotatable bonds is 7. The van der Waals surface area contributed by atoms with Crippen LogP contribution in [0, 0.1) is 19.8 Å². The Bertz CT molecular complexity index is 324. The van der Waals surface area contributed by atoms with Crippen LogP contribution >= 0.6 is 0 Å². The second-order valence-corrected chi connectivity index (χ2v) is 4.97. The summed E-state index contributed by atoms with van der Waals surface area (Å²) in [5.74, 6) is 2.80. The van der Waals surface area contributed by atoms with Gasteiger partial charge >= 0.3 is 0 Å². The molecule has 0 saturated heterocycles. The van der Waals surface area contributed by atoms with Gasteiger partial charge in [0.25, 0.3) is 0 Å². The van der Waals surface area contributed by atoms with E-state index in [4.69, 9.17) is 4.42 Å². The van der Waals surface area contributed by atoms with E-state index in [9.17, 15) is 0 Å². The van der Waals surface area contributed by atoms with Gasteiger partial charge in [-0.1, -0.05) is 26.7 Å². The molecule has 2 heteroatoms. The van der Waals surface area contributed by atoms with Gasteiger partial charge in [-0.2, -0.15) is 0 Å². The fourth-order valence-corrected chi connectivity index (χ4v) is 2.82. The maximum atomic E-state index is 5.66. The first-order valence-corrected chi connectivity index (χ1v) is 6.88. The van der Waals surface area contributed by atoms with E-state index in [0.717, 1.165) is 11.5 Å². The van der Waals surface area contributed by atoms with Gasteiger partial charge in [0, 0.05) is 11.6 Å². The maximum Gasteiger partial charge on any atom is 0.105 e. The zero-order valence-electron chi connectivity index (χ0n) is 12.0. The molecule has 0 bridgehead atoms. The lowest BCUT2D eigenvalue weighted by molar-refractivity contribution is 0.327. The maximum absolute atomic E-state index is 5.66. The van der Waals surface area contributed by atoms with Gasteiger partial charge in [-0.25, -0.2) is 0 Å². The van der Waals surface area contributed by atoms with Crippen molar-refractivity contribution in [3.8, 4) is 0 Å². The van der Waals surface area contributed by atoms with E-state index in [1.807, 2.05) is 6.92 Å². The standard InChI is InChI=1S/C15H27NO/c1-6-8-13(9-7-2)15(16-5)14-10-11(3)17-12(14)4/h10,13,15-16H,6-9H2,1-5H3. The Morgan fingerprint density at radius 2 is 1.76 bits per heavy atom. The van der Waals surface area contributed by atoms with Crippen molar-refractivity contribution in [1.82, 2.24) is 5.32 Å². The van der Waals surface area contributed by atoms with Crippen LogP contribution in [0.2, 0.25) is 0 Å². The third kappa shape index (κ3) is 3.60. The SMILES string of the molecule is CCCC(CCC)C(NC)c1cc(C)oc1C. The Morgan fingerprint density at radius 3 is 2.12 bits per heavy atom. The minimum absolute atomic E-state index is 0.437. The van der Waals surface area contributed by atoms with Crippen LogP contribution < -0.4 is 5.32 Å². The Morgan fingerprint density at radius 1 is 1.18 bits per heavy atom. The van der Waals surface area contributed by atoms with Gasteiger partial charge < -0.3 is 9.73 Å². The molecule has 0 fully saturated rings. The molecule has 0 aromatic carbocycles. The third-order valence-corrected chi connectivity index (χ3v) is 3.52. The van der Waals surface area contributed by atoms with Crippen molar-refractivity contribution < 1.29 is 4.42 Å². The van der Waals surface area contributed by atoms with Crippen LogP contribution in [0.4, 0.5) is 0 Å². The summed E-state index contributed by atoms with van der Waals surface area (Å²) in [5.41, 5.74) is 1.34. The van der Waals surface area contributed by atoms with E-state index in [0.29, 0.717) is 12.0 Å². The lowest BCUT2D eigenvalue weighted by Gasteiger charge is -2.26. The molecule has 0 aliphatic carbocycles. The zero-order chi connectivity index (χ0) is 12.8. The molecule has 2 nitrogen and oxygen atoms in total. The molecule has 0 spiro atoms. The summed E-state index contributed by atoms with van der Waals surface area (Å²) >= 11 is 0. The van der Waals surface area contributed by atoms with Crippen LogP contribution in [-0.2, 0) is 0 Å². The molecule has 0 saturated carbocycles. The number of furan rings is 1. The largest absolute Gasteiger partial charge is 0.466 e. The summed E-state index contributed by atoms with van der Waals surface area (Å²) in [4.78, 5) is 0. The highest BCUT2D eigenvalue weighted by Gasteiger charge is 2.23. The first-order chi connectivity index (χ1) is 8.13. The lowest BCUT2D eigenvalue weighted by Crippen LogP contribution is -2.25. The van der Waals surface area contributed by atoms with Gasteiger partial charge in [0.1, 0.15) is 11.5 Å². The normalized spacial score (nSPS) is 13.3. The average Bonchev–Trinajstić information content (AvgIpc) is 2.60. The second kappa shape index (κ2) is 6.85. The van der Waals surface area contributed by atoms with Crippen molar-refractivity contribution in [2.75, 3.05) is 7.05 Å². The summed E-state index contributed by atoms with van der Waals surface area (Å²) in [6, 6.07) is 2.63. The van der Waals surface area contributed by atoms with E-state index in [2.05, 4.69) is 39.2 Å². The molecular formula is C15H27NO. The van der Waals surface area contributed by atoms with Gasteiger partial charge in [-0.15, -0.1) is 0 Å². The molecule has 1 unspecified atom stereocenters. The topological polar surface area (TPSA) is 25.2 Å². The van der Waals surface area contributed by atoms with E-state index in [1.165, 1.54) is 31.2 Å². The minimum Gasteiger partial charge on any atom is -0.466 e. The van der Waals surface area contributed by atoms with Gasteiger partial charge in [-0.3, -0.25) is 0 Å². The van der Waals surface area contributed by atoms with Crippen LogP contribution in [0.25, 0.3) is 0 Å². The minimum atomic E-state index is 0.437. The highest BCUT2D eigenvalue weighted by atomic mass is 16.3. The van der Waals surface area contributed by atoms with Gasteiger partial charge in [-0.05, 0) is 45.7 Å². The summed E-state index contributed by atoms with van der Waals surface area (Å²) in [6.07, 6.45) is 5.06. The van der Waals surface area contributed by atoms with Crippen LogP contribution in [0.1, 0.15) is 62.7 Å². The Labute approximate surface area is 106 Å². The average molecular weight is 237 g/mol. The number of nitrogens with one attached hydrogen (secondary N) is 1. The summed E-state index contributed by atoms with van der Waals surface area (Å²) < 4.78 is 5.66. The second-order valence-electron chi connectivity index (χ2n) is 4.97. The van der Waals surface area contributed by atoms with Crippen molar-refractivity contribution in [3.05, 3.63) is 23.2 Å². The van der Waals surface area contributed by atoms with E-state index in [-0.39, 0.29) is 0 Å². The van der Waals surface area contributed by atoms with Crippen molar-refractivity contribution in [3.63, 3.8) is 0 Å². The molecule has 1 N–H and O–H groups in total. The smallest absolute Gasteiger partial charge is 0.105 e. The summed E-state index contributed by atoms with van der Waals surface area (Å²) in [5, 5.41) is 3.48.